The summed E-state index contributed by atoms with van der Waals surface area (Å²) >= 11 is 0. The molecule has 14 heavy (non-hydrogen) atoms. The van der Waals surface area contributed by atoms with Crippen molar-refractivity contribution >= 4 is 0 Å². The minimum absolute atomic E-state index is 0.104. The van der Waals surface area contributed by atoms with Crippen molar-refractivity contribution in [3.63, 3.8) is 0 Å². The highest BCUT2D eigenvalue weighted by atomic mass is 19.3. The topological polar surface area (TPSA) is 24.9 Å². The van der Waals surface area contributed by atoms with Gasteiger partial charge in [0.2, 0.25) is 0 Å². The van der Waals surface area contributed by atoms with E-state index in [2.05, 4.69) is 10.3 Å². The number of rotatable bonds is 1. The van der Waals surface area contributed by atoms with E-state index in [-0.39, 0.29) is 5.56 Å². The fraction of sp³-hybridized carbons (Fsp3) is 0.500. The number of halogens is 2. The Balaban J connectivity index is 2.62. The molecular weight excluding hydrogens is 186 g/mol. The standard InChI is InChI=1S/C10H12F2N2/c1-5-7-3-13-4-8(7)14-6(2)9(5)10(11)12/h10,13H,3-4H2,1-2H3. The molecule has 0 aromatic carbocycles. The summed E-state index contributed by atoms with van der Waals surface area (Å²) in [5.41, 5.74) is 3.13. The van der Waals surface area contributed by atoms with Gasteiger partial charge in [0.25, 0.3) is 6.43 Å². The summed E-state index contributed by atoms with van der Waals surface area (Å²) in [4.78, 5) is 4.19. The molecule has 0 saturated carbocycles. The number of hydrogen-bond acceptors (Lipinski definition) is 2. The van der Waals surface area contributed by atoms with Gasteiger partial charge in [0.15, 0.2) is 0 Å². The van der Waals surface area contributed by atoms with E-state index in [1.165, 1.54) is 0 Å². The Kier molecular flexibility index (Phi) is 2.23. The number of hydrogen-bond donors (Lipinski definition) is 1. The van der Waals surface area contributed by atoms with Crippen LogP contribution in [0.1, 0.15) is 34.5 Å². The molecule has 0 spiro atoms. The molecule has 1 aliphatic heterocycles. The molecule has 0 aliphatic carbocycles. The number of aromatic nitrogens is 1. The van der Waals surface area contributed by atoms with Gasteiger partial charge in [0.1, 0.15) is 0 Å². The molecule has 2 nitrogen and oxygen atoms in total. The molecule has 0 saturated heterocycles. The van der Waals surface area contributed by atoms with Gasteiger partial charge in [-0.25, -0.2) is 8.78 Å². The van der Waals surface area contributed by atoms with E-state index in [9.17, 15) is 8.78 Å². The second kappa shape index (κ2) is 3.28. The van der Waals surface area contributed by atoms with Gasteiger partial charge in [0, 0.05) is 24.3 Å². The molecule has 76 valence electrons. The van der Waals surface area contributed by atoms with Gasteiger partial charge in [-0.3, -0.25) is 4.98 Å². The number of nitrogens with zero attached hydrogens (tertiary/aromatic N) is 1. The van der Waals surface area contributed by atoms with E-state index in [1.54, 1.807) is 13.8 Å². The Labute approximate surface area is 81.4 Å². The predicted octanol–water partition coefficient (Wildman–Crippen LogP) is 2.24. The summed E-state index contributed by atoms with van der Waals surface area (Å²) in [5, 5.41) is 3.11. The van der Waals surface area contributed by atoms with Gasteiger partial charge >= 0.3 is 0 Å². The third-order valence-corrected chi connectivity index (χ3v) is 2.71. The van der Waals surface area contributed by atoms with Crippen molar-refractivity contribution in [1.29, 1.82) is 0 Å². The van der Waals surface area contributed by atoms with Crippen LogP contribution in [0.15, 0.2) is 0 Å². The normalized spacial score (nSPS) is 14.9. The van der Waals surface area contributed by atoms with Crippen molar-refractivity contribution < 1.29 is 8.78 Å². The fourth-order valence-electron chi connectivity index (χ4n) is 1.99. The summed E-state index contributed by atoms with van der Waals surface area (Å²) in [7, 11) is 0. The van der Waals surface area contributed by atoms with Gasteiger partial charge in [-0.1, -0.05) is 0 Å². The average molecular weight is 198 g/mol. The summed E-state index contributed by atoms with van der Waals surface area (Å²) in [6.07, 6.45) is -2.42. The highest BCUT2D eigenvalue weighted by Gasteiger charge is 2.22. The maximum Gasteiger partial charge on any atom is 0.265 e. The summed E-state index contributed by atoms with van der Waals surface area (Å²) in [5.74, 6) is 0. The van der Waals surface area contributed by atoms with E-state index in [1.807, 2.05) is 0 Å². The highest BCUT2D eigenvalue weighted by Crippen LogP contribution is 2.30. The summed E-state index contributed by atoms with van der Waals surface area (Å²) in [6, 6.07) is 0. The smallest absolute Gasteiger partial charge is 0.265 e. The monoisotopic (exact) mass is 198 g/mol. The third-order valence-electron chi connectivity index (χ3n) is 2.71. The quantitative estimate of drug-likeness (QED) is 0.748. The van der Waals surface area contributed by atoms with E-state index < -0.39 is 6.43 Å². The van der Waals surface area contributed by atoms with Crippen LogP contribution in [0, 0.1) is 13.8 Å². The zero-order chi connectivity index (χ0) is 10.3. The molecule has 1 aromatic rings. The van der Waals surface area contributed by atoms with Crippen LogP contribution in [0.25, 0.3) is 0 Å². The maximum absolute atomic E-state index is 12.7. The van der Waals surface area contributed by atoms with Crippen LogP contribution in [-0.4, -0.2) is 4.98 Å². The van der Waals surface area contributed by atoms with Crippen LogP contribution < -0.4 is 5.32 Å². The van der Waals surface area contributed by atoms with Crippen molar-refractivity contribution in [2.45, 2.75) is 33.4 Å². The predicted molar refractivity (Wildman–Crippen MR) is 49.2 cm³/mol. The highest BCUT2D eigenvalue weighted by molar-refractivity contribution is 5.41. The van der Waals surface area contributed by atoms with E-state index in [4.69, 9.17) is 0 Å². The Bertz CT molecular complexity index is 375. The van der Waals surface area contributed by atoms with E-state index in [0.29, 0.717) is 24.3 Å². The largest absolute Gasteiger partial charge is 0.307 e. The number of aryl methyl sites for hydroxylation is 1. The molecule has 0 unspecified atom stereocenters. The van der Waals surface area contributed by atoms with Crippen LogP contribution in [0.4, 0.5) is 8.78 Å². The van der Waals surface area contributed by atoms with Crippen LogP contribution in [-0.2, 0) is 13.1 Å². The number of nitrogens with one attached hydrogen (secondary N) is 1. The molecule has 0 radical (unpaired) electrons. The second-order valence-corrected chi connectivity index (χ2v) is 3.57. The average Bonchev–Trinajstić information content (AvgIpc) is 2.50. The molecule has 0 atom stereocenters. The fourth-order valence-corrected chi connectivity index (χ4v) is 1.99. The van der Waals surface area contributed by atoms with Crippen molar-refractivity contribution in [2.75, 3.05) is 0 Å². The first-order valence-electron chi connectivity index (χ1n) is 4.59. The third kappa shape index (κ3) is 1.30. The molecule has 1 N–H and O–H groups in total. The van der Waals surface area contributed by atoms with Gasteiger partial charge in [-0.15, -0.1) is 0 Å². The SMILES string of the molecule is Cc1nc2c(c(C)c1C(F)F)CNC2. The Morgan fingerprint density at radius 3 is 2.64 bits per heavy atom. The van der Waals surface area contributed by atoms with Crippen molar-refractivity contribution in [1.82, 2.24) is 10.3 Å². The van der Waals surface area contributed by atoms with Crippen LogP contribution in [0.5, 0.6) is 0 Å². The van der Waals surface area contributed by atoms with Crippen LogP contribution >= 0.6 is 0 Å². The Morgan fingerprint density at radius 1 is 1.29 bits per heavy atom. The first-order chi connectivity index (χ1) is 6.61. The second-order valence-electron chi connectivity index (χ2n) is 3.57. The van der Waals surface area contributed by atoms with Gasteiger partial charge < -0.3 is 5.32 Å². The van der Waals surface area contributed by atoms with Crippen LogP contribution in [0.2, 0.25) is 0 Å². The molecule has 1 aromatic heterocycles. The van der Waals surface area contributed by atoms with Gasteiger partial charge in [-0.2, -0.15) is 0 Å². The van der Waals surface area contributed by atoms with Crippen molar-refractivity contribution in [2.24, 2.45) is 0 Å². The molecule has 2 heterocycles. The van der Waals surface area contributed by atoms with E-state index in [0.717, 1.165) is 11.3 Å². The lowest BCUT2D eigenvalue weighted by Gasteiger charge is -2.12. The Morgan fingerprint density at radius 2 is 2.00 bits per heavy atom. The van der Waals surface area contributed by atoms with E-state index >= 15 is 0 Å². The molecular formula is C10H12F2N2. The zero-order valence-corrected chi connectivity index (χ0v) is 8.19. The summed E-state index contributed by atoms with van der Waals surface area (Å²) < 4.78 is 25.4. The molecule has 2 rings (SSSR count). The summed E-state index contributed by atoms with van der Waals surface area (Å²) in [6.45, 7) is 4.75. The zero-order valence-electron chi connectivity index (χ0n) is 8.19. The van der Waals surface area contributed by atoms with Crippen molar-refractivity contribution in [3.8, 4) is 0 Å². The number of alkyl halides is 2. The first-order valence-corrected chi connectivity index (χ1v) is 4.59. The first kappa shape index (κ1) is 9.52. The van der Waals surface area contributed by atoms with Gasteiger partial charge in [0.05, 0.1) is 5.69 Å². The molecule has 1 aliphatic rings. The van der Waals surface area contributed by atoms with Gasteiger partial charge in [-0.05, 0) is 25.0 Å². The van der Waals surface area contributed by atoms with Crippen molar-refractivity contribution in [3.05, 3.63) is 28.1 Å². The Hall–Kier alpha value is -1.03. The molecule has 4 heteroatoms. The minimum Gasteiger partial charge on any atom is -0.307 e. The van der Waals surface area contributed by atoms with Crippen LogP contribution in [0.3, 0.4) is 0 Å². The maximum atomic E-state index is 12.7. The lowest BCUT2D eigenvalue weighted by Crippen LogP contribution is -2.03. The lowest BCUT2D eigenvalue weighted by atomic mass is 10.0. The lowest BCUT2D eigenvalue weighted by molar-refractivity contribution is 0.149. The molecule has 0 amide bonds. The minimum atomic E-state index is -2.42. The number of pyridine rings is 1. The molecule has 0 fully saturated rings. The molecule has 0 bridgehead atoms. The number of fused-ring (bicyclic) bond motifs is 1.